The van der Waals surface area contributed by atoms with Gasteiger partial charge in [-0.2, -0.15) is 0 Å². The normalized spacial score (nSPS) is 21.5. The van der Waals surface area contributed by atoms with E-state index in [2.05, 4.69) is 36.1 Å². The van der Waals surface area contributed by atoms with Gasteiger partial charge in [-0.15, -0.1) is 0 Å². The Balaban J connectivity index is 1.31. The lowest BCUT2D eigenvalue weighted by molar-refractivity contribution is 0.209. The summed E-state index contributed by atoms with van der Waals surface area (Å²) in [6.07, 6.45) is 7.80. The molecule has 4 rings (SSSR count). The minimum Gasteiger partial charge on any atom is -0.394 e. The zero-order valence-electron chi connectivity index (χ0n) is 15.7. The van der Waals surface area contributed by atoms with Crippen LogP contribution in [0.2, 0.25) is 0 Å². The fraction of sp³-hybridized carbons (Fsp3) is 0.550. The molecule has 0 aromatic carbocycles. The second kappa shape index (κ2) is 8.63. The van der Waals surface area contributed by atoms with Crippen molar-refractivity contribution in [3.05, 3.63) is 42.5 Å². The van der Waals surface area contributed by atoms with Crippen molar-refractivity contribution in [2.75, 3.05) is 36.5 Å². The molecular weight excluding hydrogens is 340 g/mol. The Kier molecular flexibility index (Phi) is 5.79. The Bertz CT molecular complexity index is 719. The molecule has 0 aliphatic carbocycles. The van der Waals surface area contributed by atoms with Crippen LogP contribution in [0.1, 0.15) is 31.4 Å². The first-order chi connectivity index (χ1) is 13.3. The Morgan fingerprint density at radius 2 is 1.96 bits per heavy atom. The van der Waals surface area contributed by atoms with Gasteiger partial charge in [-0.1, -0.05) is 6.07 Å². The lowest BCUT2D eigenvalue weighted by Gasteiger charge is -2.32. The molecule has 144 valence electrons. The van der Waals surface area contributed by atoms with Crippen LogP contribution in [0.15, 0.2) is 36.8 Å². The van der Waals surface area contributed by atoms with Gasteiger partial charge < -0.3 is 15.3 Å². The molecule has 2 N–H and O–H groups in total. The topological polar surface area (TPSA) is 77.4 Å². The van der Waals surface area contributed by atoms with Crippen molar-refractivity contribution < 1.29 is 5.11 Å². The second-order valence-electron chi connectivity index (χ2n) is 7.45. The monoisotopic (exact) mass is 368 g/mol. The van der Waals surface area contributed by atoms with Crippen LogP contribution in [0, 0.1) is 0 Å². The van der Waals surface area contributed by atoms with Crippen LogP contribution in [0.5, 0.6) is 0 Å². The van der Waals surface area contributed by atoms with Crippen LogP contribution in [-0.2, 0) is 6.54 Å². The molecule has 7 nitrogen and oxygen atoms in total. The highest BCUT2D eigenvalue weighted by atomic mass is 16.3. The number of anilines is 2. The van der Waals surface area contributed by atoms with Gasteiger partial charge in [0.1, 0.15) is 18.0 Å². The van der Waals surface area contributed by atoms with Gasteiger partial charge in [-0.3, -0.25) is 9.88 Å². The molecule has 2 saturated heterocycles. The summed E-state index contributed by atoms with van der Waals surface area (Å²) in [6.45, 7) is 4.17. The fourth-order valence-electron chi connectivity index (χ4n) is 4.08. The molecule has 4 heterocycles. The first-order valence-corrected chi connectivity index (χ1v) is 9.90. The number of pyridine rings is 1. The number of nitrogens with one attached hydrogen (secondary N) is 1. The number of aromatic nitrogens is 3. The Morgan fingerprint density at radius 3 is 2.74 bits per heavy atom. The van der Waals surface area contributed by atoms with Crippen LogP contribution in [0.3, 0.4) is 0 Å². The van der Waals surface area contributed by atoms with Crippen LogP contribution >= 0.6 is 0 Å². The van der Waals surface area contributed by atoms with Crippen LogP contribution in [0.25, 0.3) is 0 Å². The summed E-state index contributed by atoms with van der Waals surface area (Å²) in [7, 11) is 0. The van der Waals surface area contributed by atoms with Gasteiger partial charge in [0.15, 0.2) is 0 Å². The minimum atomic E-state index is 0.182. The third-order valence-electron chi connectivity index (χ3n) is 5.59. The average Bonchev–Trinajstić information content (AvgIpc) is 3.19. The van der Waals surface area contributed by atoms with Crippen LogP contribution < -0.4 is 10.2 Å². The molecule has 7 heteroatoms. The molecule has 0 saturated carbocycles. The van der Waals surface area contributed by atoms with Gasteiger partial charge in [-0.25, -0.2) is 9.97 Å². The maximum Gasteiger partial charge on any atom is 0.134 e. The van der Waals surface area contributed by atoms with E-state index in [1.165, 1.54) is 0 Å². The molecule has 2 aromatic rings. The molecular formula is C20H28N6O. The third-order valence-corrected chi connectivity index (χ3v) is 5.59. The number of aliphatic hydroxyl groups excluding tert-OH is 1. The van der Waals surface area contributed by atoms with E-state index in [-0.39, 0.29) is 12.6 Å². The van der Waals surface area contributed by atoms with E-state index < -0.39 is 0 Å². The molecule has 1 atom stereocenters. The highest BCUT2D eigenvalue weighted by Crippen LogP contribution is 2.25. The maximum absolute atomic E-state index is 9.55. The Hall–Kier alpha value is -2.25. The quantitative estimate of drug-likeness (QED) is 0.806. The average molecular weight is 368 g/mol. The van der Waals surface area contributed by atoms with Crippen molar-refractivity contribution >= 4 is 11.6 Å². The highest BCUT2D eigenvalue weighted by molar-refractivity contribution is 5.50. The van der Waals surface area contributed by atoms with Gasteiger partial charge in [0.25, 0.3) is 0 Å². The molecule has 0 amide bonds. The number of nitrogens with zero attached hydrogens (tertiary/aromatic N) is 5. The molecule has 27 heavy (non-hydrogen) atoms. The number of hydrogen-bond acceptors (Lipinski definition) is 7. The molecule has 0 spiro atoms. The maximum atomic E-state index is 9.55. The van der Waals surface area contributed by atoms with E-state index in [4.69, 9.17) is 0 Å². The lowest BCUT2D eigenvalue weighted by Crippen LogP contribution is -2.39. The summed E-state index contributed by atoms with van der Waals surface area (Å²) < 4.78 is 0. The smallest absolute Gasteiger partial charge is 0.134 e. The van der Waals surface area contributed by atoms with Crippen molar-refractivity contribution in [2.24, 2.45) is 0 Å². The fourth-order valence-corrected chi connectivity index (χ4v) is 4.08. The van der Waals surface area contributed by atoms with Crippen molar-refractivity contribution in [2.45, 2.75) is 44.3 Å². The molecule has 0 bridgehead atoms. The number of aliphatic hydroxyl groups is 1. The summed E-state index contributed by atoms with van der Waals surface area (Å²) in [6, 6.07) is 8.73. The van der Waals surface area contributed by atoms with Gasteiger partial charge in [0.2, 0.25) is 0 Å². The van der Waals surface area contributed by atoms with Gasteiger partial charge in [-0.05, 0) is 37.8 Å². The number of hydrogen-bond donors (Lipinski definition) is 2. The predicted octanol–water partition coefficient (Wildman–Crippen LogP) is 1.91. The minimum absolute atomic E-state index is 0.182. The first-order valence-electron chi connectivity index (χ1n) is 9.90. The van der Waals surface area contributed by atoms with E-state index in [0.29, 0.717) is 6.04 Å². The zero-order chi connectivity index (χ0) is 18.5. The summed E-state index contributed by atoms with van der Waals surface area (Å²) in [5.74, 6) is 1.79. The summed E-state index contributed by atoms with van der Waals surface area (Å²) in [5, 5.41) is 13.1. The number of likely N-dealkylation sites (tertiary alicyclic amines) is 1. The summed E-state index contributed by atoms with van der Waals surface area (Å²) >= 11 is 0. The molecule has 0 radical (unpaired) electrons. The first kappa shape index (κ1) is 18.1. The summed E-state index contributed by atoms with van der Waals surface area (Å²) in [4.78, 5) is 17.9. The third kappa shape index (κ3) is 4.54. The van der Waals surface area contributed by atoms with E-state index in [0.717, 1.165) is 69.2 Å². The van der Waals surface area contributed by atoms with E-state index in [1.807, 2.05) is 24.4 Å². The van der Waals surface area contributed by atoms with Gasteiger partial charge >= 0.3 is 0 Å². The van der Waals surface area contributed by atoms with Crippen LogP contribution in [-0.4, -0.2) is 63.3 Å². The highest BCUT2D eigenvalue weighted by Gasteiger charge is 2.25. The van der Waals surface area contributed by atoms with Gasteiger partial charge in [0.05, 0.1) is 18.3 Å². The number of rotatable bonds is 6. The van der Waals surface area contributed by atoms with Crippen molar-refractivity contribution in [1.29, 1.82) is 0 Å². The predicted molar refractivity (Wildman–Crippen MR) is 106 cm³/mol. The molecule has 2 aromatic heterocycles. The lowest BCUT2D eigenvalue weighted by atomic mass is 10.0. The second-order valence-corrected chi connectivity index (χ2v) is 7.45. The van der Waals surface area contributed by atoms with E-state index in [9.17, 15) is 5.11 Å². The molecule has 2 aliphatic rings. The molecule has 2 aliphatic heterocycles. The molecule has 2 fully saturated rings. The SMILES string of the molecule is OCC1CCCN1c1cc(NC2CCN(Cc3ccccn3)CC2)ncn1. The number of piperidine rings is 1. The Morgan fingerprint density at radius 1 is 1.07 bits per heavy atom. The van der Waals surface area contributed by atoms with Crippen molar-refractivity contribution in [1.82, 2.24) is 19.9 Å². The Labute approximate surface area is 160 Å². The van der Waals surface area contributed by atoms with Crippen LogP contribution in [0.4, 0.5) is 11.6 Å². The summed E-state index contributed by atoms with van der Waals surface area (Å²) in [5.41, 5.74) is 1.13. The van der Waals surface area contributed by atoms with Crippen molar-refractivity contribution in [3.8, 4) is 0 Å². The van der Waals surface area contributed by atoms with E-state index in [1.54, 1.807) is 6.33 Å². The van der Waals surface area contributed by atoms with Gasteiger partial charge in [0, 0.05) is 44.5 Å². The largest absolute Gasteiger partial charge is 0.394 e. The standard InChI is InChI=1S/C20H28N6O/c27-14-18-5-3-9-26(18)20-12-19(22-15-23-20)24-16-6-10-25(11-7-16)13-17-4-1-2-8-21-17/h1-2,4,8,12,15-16,18,27H,3,5-7,9-11,13-14H2,(H,22,23,24). The molecule has 1 unspecified atom stereocenters. The van der Waals surface area contributed by atoms with Crippen molar-refractivity contribution in [3.63, 3.8) is 0 Å². The van der Waals surface area contributed by atoms with E-state index >= 15 is 0 Å². The zero-order valence-corrected chi connectivity index (χ0v) is 15.7.